The average molecular weight is 275 g/mol. The normalized spacial score (nSPS) is 10.6. The number of carbonyl (C=O) groups is 2. The van der Waals surface area contributed by atoms with Gasteiger partial charge in [-0.15, -0.1) is 0 Å². The van der Waals surface area contributed by atoms with Crippen LogP contribution < -0.4 is 0 Å². The second-order valence-electron chi connectivity index (χ2n) is 4.43. The Hall–Kier alpha value is -2.43. The van der Waals surface area contributed by atoms with E-state index in [0.717, 1.165) is 0 Å². The Morgan fingerprint density at radius 2 is 1.95 bits per heavy atom. The first-order chi connectivity index (χ1) is 9.51. The topological polar surface area (TPSA) is 59.3 Å². The van der Waals surface area contributed by atoms with E-state index < -0.39 is 5.97 Å². The van der Waals surface area contributed by atoms with Crippen LogP contribution in [0.3, 0.4) is 0 Å². The zero-order valence-electron chi connectivity index (χ0n) is 11.2. The first kappa shape index (κ1) is 14.0. The van der Waals surface area contributed by atoms with Crippen molar-refractivity contribution >= 4 is 12.3 Å². The van der Waals surface area contributed by atoms with Gasteiger partial charge in [0.2, 0.25) is 0 Å². The van der Waals surface area contributed by atoms with Crippen LogP contribution in [-0.4, -0.2) is 21.9 Å². The van der Waals surface area contributed by atoms with Gasteiger partial charge in [0.25, 0.3) is 0 Å². The molecular weight excluding hydrogens is 261 g/mol. The summed E-state index contributed by atoms with van der Waals surface area (Å²) in [6, 6.07) is 5.76. The molecule has 5 heteroatoms. The van der Waals surface area contributed by atoms with Crippen molar-refractivity contribution < 1.29 is 19.1 Å². The van der Waals surface area contributed by atoms with E-state index in [4.69, 9.17) is 0 Å². The number of carbonyl (C=O) groups excluding carboxylic acids is 1. The summed E-state index contributed by atoms with van der Waals surface area (Å²) in [7, 11) is 1.63. The summed E-state index contributed by atoms with van der Waals surface area (Å²) in [6.45, 7) is 1.82. The zero-order chi connectivity index (χ0) is 14.9. The molecule has 1 heterocycles. The third-order valence-electron chi connectivity index (χ3n) is 3.34. The molecule has 2 rings (SSSR count). The number of aromatic carboxylic acids is 1. The minimum absolute atomic E-state index is 0.0179. The van der Waals surface area contributed by atoms with Crippen molar-refractivity contribution in [2.45, 2.75) is 13.3 Å². The summed E-state index contributed by atoms with van der Waals surface area (Å²) >= 11 is 0. The monoisotopic (exact) mass is 275 g/mol. The van der Waals surface area contributed by atoms with Gasteiger partial charge >= 0.3 is 5.97 Å². The lowest BCUT2D eigenvalue weighted by Crippen LogP contribution is -2.04. The summed E-state index contributed by atoms with van der Waals surface area (Å²) < 4.78 is 14.6. The van der Waals surface area contributed by atoms with E-state index in [0.29, 0.717) is 29.5 Å². The van der Waals surface area contributed by atoms with E-state index in [1.54, 1.807) is 23.7 Å². The number of halogens is 1. The molecule has 0 radical (unpaired) electrons. The highest BCUT2D eigenvalue weighted by Gasteiger charge is 2.24. The van der Waals surface area contributed by atoms with Crippen LogP contribution in [-0.2, 0) is 13.5 Å². The number of rotatable bonds is 4. The zero-order valence-corrected chi connectivity index (χ0v) is 11.2. The number of aromatic nitrogens is 1. The number of hydrogen-bond donors (Lipinski definition) is 1. The Morgan fingerprint density at radius 1 is 1.35 bits per heavy atom. The van der Waals surface area contributed by atoms with E-state index >= 15 is 0 Å². The summed E-state index contributed by atoms with van der Waals surface area (Å²) in [4.78, 5) is 22.6. The fraction of sp³-hybridized carbons (Fsp3) is 0.200. The van der Waals surface area contributed by atoms with Crippen molar-refractivity contribution in [1.29, 1.82) is 0 Å². The number of benzene rings is 1. The van der Waals surface area contributed by atoms with E-state index in [-0.39, 0.29) is 17.1 Å². The molecule has 0 spiro atoms. The van der Waals surface area contributed by atoms with E-state index in [2.05, 4.69) is 0 Å². The van der Waals surface area contributed by atoms with Gasteiger partial charge in [-0.2, -0.15) is 0 Å². The van der Waals surface area contributed by atoms with Crippen molar-refractivity contribution in [2.24, 2.45) is 7.05 Å². The van der Waals surface area contributed by atoms with Crippen molar-refractivity contribution in [3.8, 4) is 11.3 Å². The van der Waals surface area contributed by atoms with Gasteiger partial charge in [-0.3, -0.25) is 4.79 Å². The maximum atomic E-state index is 13.0. The second kappa shape index (κ2) is 5.28. The molecule has 0 bridgehead atoms. The first-order valence-electron chi connectivity index (χ1n) is 6.17. The van der Waals surface area contributed by atoms with Gasteiger partial charge in [0.1, 0.15) is 5.82 Å². The number of aldehydes is 1. The lowest BCUT2D eigenvalue weighted by Gasteiger charge is -2.07. The van der Waals surface area contributed by atoms with Crippen LogP contribution in [0.2, 0.25) is 0 Å². The van der Waals surface area contributed by atoms with Crippen molar-refractivity contribution in [1.82, 2.24) is 4.57 Å². The third kappa shape index (κ3) is 2.11. The Kier molecular flexibility index (Phi) is 3.70. The van der Waals surface area contributed by atoms with E-state index in [1.807, 2.05) is 6.92 Å². The highest BCUT2D eigenvalue weighted by Crippen LogP contribution is 2.31. The van der Waals surface area contributed by atoms with Crippen LogP contribution >= 0.6 is 0 Å². The van der Waals surface area contributed by atoms with Gasteiger partial charge in [-0.05, 0) is 41.8 Å². The molecule has 4 nitrogen and oxygen atoms in total. The van der Waals surface area contributed by atoms with Gasteiger partial charge in [-0.25, -0.2) is 9.18 Å². The SMILES string of the molecule is CCc1c(C(=O)O)c(C=O)n(C)c1-c1ccc(F)cc1. The molecule has 1 N–H and O–H groups in total. The Balaban J connectivity index is 2.79. The van der Waals surface area contributed by atoms with Crippen LogP contribution in [0.4, 0.5) is 4.39 Å². The Morgan fingerprint density at radius 3 is 2.40 bits per heavy atom. The molecule has 0 fully saturated rings. The summed E-state index contributed by atoms with van der Waals surface area (Å²) in [5.41, 5.74) is 2.03. The van der Waals surface area contributed by atoms with Gasteiger partial charge in [0.15, 0.2) is 6.29 Å². The summed E-state index contributed by atoms with van der Waals surface area (Å²) in [5.74, 6) is -1.50. The van der Waals surface area contributed by atoms with Crippen LogP contribution in [0, 0.1) is 5.82 Å². The lowest BCUT2D eigenvalue weighted by molar-refractivity contribution is 0.0692. The minimum Gasteiger partial charge on any atom is -0.478 e. The van der Waals surface area contributed by atoms with Gasteiger partial charge in [-0.1, -0.05) is 6.92 Å². The van der Waals surface area contributed by atoms with Gasteiger partial charge in [0.05, 0.1) is 17.0 Å². The molecule has 0 aliphatic rings. The molecule has 0 aliphatic carbocycles. The molecule has 0 saturated heterocycles. The van der Waals surface area contributed by atoms with Gasteiger partial charge < -0.3 is 9.67 Å². The quantitative estimate of drug-likeness (QED) is 0.873. The van der Waals surface area contributed by atoms with E-state index in [1.165, 1.54) is 12.1 Å². The third-order valence-corrected chi connectivity index (χ3v) is 3.34. The smallest absolute Gasteiger partial charge is 0.338 e. The fourth-order valence-corrected chi connectivity index (χ4v) is 2.46. The summed E-state index contributed by atoms with van der Waals surface area (Å²) in [5, 5.41) is 9.31. The van der Waals surface area contributed by atoms with Crippen LogP contribution in [0.25, 0.3) is 11.3 Å². The van der Waals surface area contributed by atoms with Crippen LogP contribution in [0.15, 0.2) is 24.3 Å². The average Bonchev–Trinajstić information content (AvgIpc) is 2.72. The van der Waals surface area contributed by atoms with E-state index in [9.17, 15) is 19.1 Å². The fourth-order valence-electron chi connectivity index (χ4n) is 2.46. The molecule has 0 atom stereocenters. The number of carboxylic acid groups (broad SMARTS) is 1. The minimum atomic E-state index is -1.13. The highest BCUT2D eigenvalue weighted by molar-refractivity contribution is 6.00. The molecule has 0 unspecified atom stereocenters. The lowest BCUT2D eigenvalue weighted by atomic mass is 10.0. The molecule has 0 saturated carbocycles. The standard InChI is InChI=1S/C15H14FNO3/c1-3-11-13(15(19)20)12(8-18)17(2)14(11)9-4-6-10(16)7-5-9/h4-8H,3H2,1-2H3,(H,19,20). The molecule has 2 aromatic rings. The van der Waals surface area contributed by atoms with Crippen molar-refractivity contribution in [2.75, 3.05) is 0 Å². The number of carboxylic acids is 1. The predicted octanol–water partition coefficient (Wildman–Crippen LogP) is 2.90. The molecule has 1 aromatic carbocycles. The molecule has 20 heavy (non-hydrogen) atoms. The number of nitrogens with zero attached hydrogens (tertiary/aromatic N) is 1. The van der Waals surface area contributed by atoms with Crippen LogP contribution in [0.1, 0.15) is 33.3 Å². The van der Waals surface area contributed by atoms with Gasteiger partial charge in [0, 0.05) is 7.05 Å². The Labute approximate surface area is 115 Å². The predicted molar refractivity (Wildman–Crippen MR) is 72.5 cm³/mol. The maximum absolute atomic E-state index is 13.0. The maximum Gasteiger partial charge on any atom is 0.338 e. The first-order valence-corrected chi connectivity index (χ1v) is 6.17. The molecule has 104 valence electrons. The summed E-state index contributed by atoms with van der Waals surface area (Å²) in [6.07, 6.45) is 1.01. The number of hydrogen-bond acceptors (Lipinski definition) is 2. The second-order valence-corrected chi connectivity index (χ2v) is 4.43. The molecular formula is C15H14FNO3. The van der Waals surface area contributed by atoms with Crippen molar-refractivity contribution in [3.63, 3.8) is 0 Å². The molecule has 1 aromatic heterocycles. The molecule has 0 amide bonds. The van der Waals surface area contributed by atoms with Crippen molar-refractivity contribution in [3.05, 3.63) is 46.9 Å². The largest absolute Gasteiger partial charge is 0.478 e. The highest BCUT2D eigenvalue weighted by atomic mass is 19.1. The van der Waals surface area contributed by atoms with Crippen LogP contribution in [0.5, 0.6) is 0 Å². The Bertz CT molecular complexity index is 671. The molecule has 0 aliphatic heterocycles.